The maximum Gasteiger partial charge on any atom is 0.0892 e. The lowest BCUT2D eigenvalue weighted by atomic mass is 10.0. The van der Waals surface area contributed by atoms with Crippen LogP contribution in [0.25, 0.3) is 44.4 Å². The van der Waals surface area contributed by atoms with Crippen LogP contribution in [0.1, 0.15) is 0 Å². The second kappa shape index (κ2) is 10.9. The normalized spacial score (nSPS) is 10.9. The van der Waals surface area contributed by atoms with Crippen LogP contribution in [0.2, 0.25) is 0 Å². The molecule has 7 aromatic rings. The van der Waals surface area contributed by atoms with Crippen molar-refractivity contribution in [1.82, 2.24) is 9.97 Å². The van der Waals surface area contributed by atoms with Gasteiger partial charge in [-0.3, -0.25) is 9.97 Å². The lowest BCUT2D eigenvalue weighted by Gasteiger charge is -2.26. The first kappa shape index (κ1) is 24.5. The van der Waals surface area contributed by atoms with Crippen molar-refractivity contribution < 1.29 is 0 Å². The highest BCUT2D eigenvalue weighted by Gasteiger charge is 2.14. The van der Waals surface area contributed by atoms with Gasteiger partial charge in [0, 0.05) is 29.5 Å². The molecule has 6 aromatic carbocycles. The van der Waals surface area contributed by atoms with Crippen LogP contribution in [-0.4, -0.2) is 9.97 Å². The Morgan fingerprint density at radius 1 is 0.317 bits per heavy atom. The van der Waals surface area contributed by atoms with E-state index >= 15 is 0 Å². The molecule has 41 heavy (non-hydrogen) atoms. The molecule has 1 aromatic heterocycles. The molecule has 0 aliphatic rings. The fourth-order valence-electron chi connectivity index (χ4n) is 5.26. The summed E-state index contributed by atoms with van der Waals surface area (Å²) in [5, 5.41) is 0. The van der Waals surface area contributed by atoms with Crippen LogP contribution in [0.15, 0.2) is 164 Å². The lowest BCUT2D eigenvalue weighted by Crippen LogP contribution is -2.09. The number of hydrogen-bond acceptors (Lipinski definition) is 3. The van der Waals surface area contributed by atoms with Gasteiger partial charge in [-0.1, -0.05) is 103 Å². The first-order chi connectivity index (χ1) is 20.3. The zero-order chi connectivity index (χ0) is 27.4. The van der Waals surface area contributed by atoms with Gasteiger partial charge in [-0.15, -0.1) is 0 Å². The highest BCUT2D eigenvalue weighted by Crippen LogP contribution is 2.37. The molecule has 0 radical (unpaired) electrons. The smallest absolute Gasteiger partial charge is 0.0892 e. The van der Waals surface area contributed by atoms with E-state index in [0.717, 1.165) is 39.2 Å². The molecule has 0 bridgehead atoms. The number of aromatic nitrogens is 2. The Hall–Kier alpha value is -5.54. The van der Waals surface area contributed by atoms with Crippen LogP contribution in [0.5, 0.6) is 0 Å². The van der Waals surface area contributed by atoms with Crippen molar-refractivity contribution in [3.8, 4) is 33.4 Å². The van der Waals surface area contributed by atoms with Gasteiger partial charge in [0.1, 0.15) is 0 Å². The number of rotatable bonds is 6. The topological polar surface area (TPSA) is 29.0 Å². The first-order valence-corrected chi connectivity index (χ1v) is 13.7. The van der Waals surface area contributed by atoms with Crippen LogP contribution < -0.4 is 4.90 Å². The number of hydrogen-bond donors (Lipinski definition) is 0. The van der Waals surface area contributed by atoms with Gasteiger partial charge in [-0.05, 0) is 81.9 Å². The Bertz CT molecular complexity index is 1810. The van der Waals surface area contributed by atoms with Gasteiger partial charge < -0.3 is 4.90 Å². The number of anilines is 3. The molecule has 194 valence electrons. The Kier molecular flexibility index (Phi) is 6.52. The average Bonchev–Trinajstić information content (AvgIpc) is 3.06. The van der Waals surface area contributed by atoms with Gasteiger partial charge in [0.25, 0.3) is 0 Å². The molecule has 3 nitrogen and oxygen atoms in total. The summed E-state index contributed by atoms with van der Waals surface area (Å²) in [5.74, 6) is 0. The summed E-state index contributed by atoms with van der Waals surface area (Å²) in [4.78, 5) is 11.2. The zero-order valence-corrected chi connectivity index (χ0v) is 22.4. The van der Waals surface area contributed by atoms with E-state index in [1.165, 1.54) is 22.3 Å². The molecule has 3 heteroatoms. The molecule has 1 heterocycles. The summed E-state index contributed by atoms with van der Waals surface area (Å²) in [6.07, 6.45) is 3.46. The van der Waals surface area contributed by atoms with Gasteiger partial charge in [0.05, 0.1) is 11.0 Å². The van der Waals surface area contributed by atoms with Crippen molar-refractivity contribution in [2.45, 2.75) is 0 Å². The number of nitrogens with zero attached hydrogens (tertiary/aromatic N) is 3. The van der Waals surface area contributed by atoms with E-state index in [0.29, 0.717) is 0 Å². The van der Waals surface area contributed by atoms with Crippen LogP contribution in [0, 0.1) is 0 Å². The second-order valence-electron chi connectivity index (χ2n) is 9.97. The monoisotopic (exact) mass is 525 g/mol. The number of fused-ring (bicyclic) bond motifs is 1. The summed E-state index contributed by atoms with van der Waals surface area (Å²) >= 11 is 0. The van der Waals surface area contributed by atoms with Crippen molar-refractivity contribution >= 4 is 28.1 Å². The van der Waals surface area contributed by atoms with E-state index in [-0.39, 0.29) is 0 Å². The highest BCUT2D eigenvalue weighted by atomic mass is 15.1. The summed E-state index contributed by atoms with van der Waals surface area (Å²) < 4.78 is 0. The molecule has 0 saturated carbocycles. The number of benzene rings is 6. The molecule has 0 N–H and O–H groups in total. The van der Waals surface area contributed by atoms with E-state index in [2.05, 4.69) is 148 Å². The minimum absolute atomic E-state index is 0.896. The first-order valence-electron chi connectivity index (χ1n) is 13.7. The fraction of sp³-hybridized carbons (Fsp3) is 0. The highest BCUT2D eigenvalue weighted by molar-refractivity contribution is 5.83. The fourth-order valence-corrected chi connectivity index (χ4v) is 5.26. The van der Waals surface area contributed by atoms with Crippen LogP contribution >= 0.6 is 0 Å². The third-order valence-corrected chi connectivity index (χ3v) is 7.39. The second-order valence-corrected chi connectivity index (χ2v) is 9.97. The Labute approximate surface area is 240 Å². The Morgan fingerprint density at radius 3 is 1.15 bits per heavy atom. The van der Waals surface area contributed by atoms with Gasteiger partial charge in [0.2, 0.25) is 0 Å². The molecule has 0 saturated heterocycles. The van der Waals surface area contributed by atoms with E-state index in [9.17, 15) is 0 Å². The van der Waals surface area contributed by atoms with E-state index in [4.69, 9.17) is 0 Å². The molecule has 0 aliphatic carbocycles. The Balaban J connectivity index is 1.26. The summed E-state index contributed by atoms with van der Waals surface area (Å²) in [7, 11) is 0. The lowest BCUT2D eigenvalue weighted by molar-refractivity contribution is 1.28. The molecule has 7 rings (SSSR count). The van der Waals surface area contributed by atoms with E-state index < -0.39 is 0 Å². The third kappa shape index (κ3) is 5.09. The molecule has 0 atom stereocenters. The molecule has 0 spiro atoms. The van der Waals surface area contributed by atoms with Gasteiger partial charge in [0.15, 0.2) is 0 Å². The minimum Gasteiger partial charge on any atom is -0.311 e. The molecule has 0 fully saturated rings. The quantitative estimate of drug-likeness (QED) is 0.216. The predicted molar refractivity (Wildman–Crippen MR) is 171 cm³/mol. The SMILES string of the molecule is c1ccc(-c2ccc(N(c3ccc(-c4ccccc4)cc3)c3ccc(-c4ccc5nccnc5c4)cc3)cc2)cc1. The van der Waals surface area contributed by atoms with E-state index in [1.807, 2.05) is 18.2 Å². The maximum absolute atomic E-state index is 4.48. The van der Waals surface area contributed by atoms with E-state index in [1.54, 1.807) is 12.4 Å². The predicted octanol–water partition coefficient (Wildman–Crippen LogP) is 10.1. The zero-order valence-electron chi connectivity index (χ0n) is 22.4. The average molecular weight is 526 g/mol. The minimum atomic E-state index is 0.896. The van der Waals surface area contributed by atoms with Crippen LogP contribution in [-0.2, 0) is 0 Å². The molecular weight excluding hydrogens is 498 g/mol. The van der Waals surface area contributed by atoms with Crippen LogP contribution in [0.3, 0.4) is 0 Å². The largest absolute Gasteiger partial charge is 0.311 e. The molecule has 0 amide bonds. The van der Waals surface area contributed by atoms with Gasteiger partial charge in [-0.2, -0.15) is 0 Å². The standard InChI is InChI=1S/C38H27N3/c1-3-7-28(8-4-1)30-11-18-34(19-12-30)41(35-20-13-31(14-21-35)29-9-5-2-6-10-29)36-22-15-32(16-23-36)33-17-24-37-38(27-33)40-26-25-39-37/h1-27H. The maximum atomic E-state index is 4.48. The van der Waals surface area contributed by atoms with Crippen molar-refractivity contribution in [3.05, 3.63) is 164 Å². The Morgan fingerprint density at radius 2 is 0.683 bits per heavy atom. The van der Waals surface area contributed by atoms with Gasteiger partial charge in [-0.25, -0.2) is 0 Å². The summed E-state index contributed by atoms with van der Waals surface area (Å²) in [6, 6.07) is 53.5. The van der Waals surface area contributed by atoms with Gasteiger partial charge >= 0.3 is 0 Å². The van der Waals surface area contributed by atoms with Crippen molar-refractivity contribution in [3.63, 3.8) is 0 Å². The van der Waals surface area contributed by atoms with Crippen LogP contribution in [0.4, 0.5) is 17.1 Å². The molecule has 0 aliphatic heterocycles. The summed E-state index contributed by atoms with van der Waals surface area (Å²) in [5.41, 5.74) is 12.2. The molecule has 0 unspecified atom stereocenters. The van der Waals surface area contributed by atoms with Crippen molar-refractivity contribution in [1.29, 1.82) is 0 Å². The summed E-state index contributed by atoms with van der Waals surface area (Å²) in [6.45, 7) is 0. The molecular formula is C38H27N3. The van der Waals surface area contributed by atoms with Crippen molar-refractivity contribution in [2.75, 3.05) is 4.90 Å². The third-order valence-electron chi connectivity index (χ3n) is 7.39. The van der Waals surface area contributed by atoms with Crippen molar-refractivity contribution in [2.24, 2.45) is 0 Å².